The Morgan fingerprint density at radius 3 is 1.40 bits per heavy atom. The van der Waals surface area contributed by atoms with Crippen molar-refractivity contribution in [3.63, 3.8) is 0 Å². The summed E-state index contributed by atoms with van der Waals surface area (Å²) in [6.45, 7) is 17.0. The van der Waals surface area contributed by atoms with E-state index in [1.54, 1.807) is 12.1 Å². The van der Waals surface area contributed by atoms with Crippen molar-refractivity contribution in [3.8, 4) is 0 Å². The standard InChI is InChI=1S/C32H66NO3.C7H8O3S/c1-5-9-10-11-12-13-14-15-16-17-18-19-20-21-22-23-24-25-26-27-32(34)36-31-30-35-29-28-33(6-2,7-3)8-4;1-6-2-4-7(5-3-6)11(8,9)10/h5-31H2,1-4H3;2-5H,1H3,(H,8,9,10)/q+1;/p-1. The van der Waals surface area contributed by atoms with Gasteiger partial charge in [-0.1, -0.05) is 140 Å². The average Bonchev–Trinajstić information content (AvgIpc) is 3.06. The summed E-state index contributed by atoms with van der Waals surface area (Å²) in [5, 5.41) is 0. The Labute approximate surface area is 290 Å². The molecule has 0 radical (unpaired) electrons. The molecule has 0 aromatic heterocycles. The second-order valence-corrected chi connectivity index (χ2v) is 14.6. The molecule has 0 N–H and O–H groups in total. The van der Waals surface area contributed by atoms with Gasteiger partial charge in [0.2, 0.25) is 0 Å². The summed E-state index contributed by atoms with van der Waals surface area (Å²) in [5.74, 6) is -0.0635. The van der Waals surface area contributed by atoms with Gasteiger partial charge in [0.25, 0.3) is 0 Å². The Kier molecular flexibility index (Phi) is 29.6. The lowest BCUT2D eigenvalue weighted by Crippen LogP contribution is -2.49. The smallest absolute Gasteiger partial charge is 0.305 e. The van der Waals surface area contributed by atoms with Crippen LogP contribution in [0.4, 0.5) is 0 Å². The fraction of sp³-hybridized carbons (Fsp3) is 0.821. The molecule has 0 heterocycles. The van der Waals surface area contributed by atoms with E-state index in [1.807, 2.05) is 6.92 Å². The van der Waals surface area contributed by atoms with Crippen LogP contribution in [-0.2, 0) is 24.4 Å². The van der Waals surface area contributed by atoms with Crippen molar-refractivity contribution in [2.45, 2.75) is 168 Å². The molecular formula is C39H73NO6S. The van der Waals surface area contributed by atoms with Crippen LogP contribution in [0.15, 0.2) is 29.2 Å². The lowest BCUT2D eigenvalue weighted by atomic mass is 10.0. The maximum Gasteiger partial charge on any atom is 0.305 e. The van der Waals surface area contributed by atoms with E-state index < -0.39 is 10.1 Å². The van der Waals surface area contributed by atoms with Gasteiger partial charge in [0.1, 0.15) is 23.3 Å². The summed E-state index contributed by atoms with van der Waals surface area (Å²) in [6.07, 6.45) is 26.6. The monoisotopic (exact) mass is 684 g/mol. The van der Waals surface area contributed by atoms with Crippen molar-refractivity contribution in [1.82, 2.24) is 0 Å². The predicted octanol–water partition coefficient (Wildman–Crippen LogP) is 10.1. The largest absolute Gasteiger partial charge is 0.744 e. The van der Waals surface area contributed by atoms with E-state index in [-0.39, 0.29) is 10.9 Å². The number of unbranched alkanes of at least 4 members (excludes halogenated alkanes) is 18. The molecule has 1 rings (SSSR count). The number of rotatable bonds is 30. The third kappa shape index (κ3) is 27.1. The lowest BCUT2D eigenvalue weighted by Gasteiger charge is -2.35. The molecule has 0 saturated heterocycles. The van der Waals surface area contributed by atoms with Crippen LogP contribution in [0.1, 0.15) is 162 Å². The molecule has 1 aromatic rings. The molecule has 0 fully saturated rings. The van der Waals surface area contributed by atoms with Crippen LogP contribution in [0, 0.1) is 6.92 Å². The van der Waals surface area contributed by atoms with E-state index >= 15 is 0 Å². The number of aryl methyl sites for hydroxylation is 1. The zero-order valence-electron chi connectivity index (χ0n) is 31.2. The van der Waals surface area contributed by atoms with Crippen LogP contribution in [0.5, 0.6) is 0 Å². The van der Waals surface area contributed by atoms with Gasteiger partial charge in [-0.25, -0.2) is 8.42 Å². The first-order valence-corrected chi connectivity index (χ1v) is 20.7. The van der Waals surface area contributed by atoms with Crippen molar-refractivity contribution in [2.75, 3.05) is 46.0 Å². The van der Waals surface area contributed by atoms with Gasteiger partial charge in [0, 0.05) is 6.42 Å². The van der Waals surface area contributed by atoms with Crippen LogP contribution in [0.25, 0.3) is 0 Å². The topological polar surface area (TPSA) is 92.7 Å². The zero-order valence-corrected chi connectivity index (χ0v) is 32.0. The number of carbonyl (C=O) groups excluding carboxylic acids is 1. The highest BCUT2D eigenvalue weighted by atomic mass is 32.2. The average molecular weight is 684 g/mol. The number of esters is 1. The Bertz CT molecular complexity index is 938. The second kappa shape index (κ2) is 30.6. The SMILES string of the molecule is CCCCCCCCCCCCCCCCCCCCCC(=O)OCCOCC[N+](CC)(CC)CC.Cc1ccc(S(=O)(=O)[O-])cc1. The minimum Gasteiger partial charge on any atom is -0.744 e. The van der Waals surface area contributed by atoms with Gasteiger partial charge in [0.15, 0.2) is 0 Å². The normalized spacial score (nSPS) is 11.7. The number of ether oxygens (including phenoxy) is 2. The first kappa shape index (κ1) is 45.5. The number of likely N-dealkylation sites (N-methyl/N-ethyl adjacent to an activating group) is 1. The molecule has 276 valence electrons. The van der Waals surface area contributed by atoms with Crippen LogP contribution >= 0.6 is 0 Å². The van der Waals surface area contributed by atoms with Gasteiger partial charge >= 0.3 is 5.97 Å². The molecule has 47 heavy (non-hydrogen) atoms. The highest BCUT2D eigenvalue weighted by Gasteiger charge is 2.19. The number of quaternary nitrogens is 1. The third-order valence-corrected chi connectivity index (χ3v) is 10.4. The van der Waals surface area contributed by atoms with Crippen molar-refractivity contribution < 1.29 is 31.7 Å². The summed E-state index contributed by atoms with van der Waals surface area (Å²) in [6, 6.07) is 5.78. The Morgan fingerprint density at radius 1 is 0.617 bits per heavy atom. The lowest BCUT2D eigenvalue weighted by molar-refractivity contribution is -0.923. The number of benzene rings is 1. The van der Waals surface area contributed by atoms with Gasteiger partial charge in [-0.2, -0.15) is 0 Å². The Morgan fingerprint density at radius 2 is 1.02 bits per heavy atom. The molecule has 0 unspecified atom stereocenters. The van der Waals surface area contributed by atoms with Gasteiger partial charge in [-0.3, -0.25) is 4.79 Å². The van der Waals surface area contributed by atoms with Crippen molar-refractivity contribution >= 4 is 16.1 Å². The minimum absolute atomic E-state index is 0.0635. The molecular weight excluding hydrogens is 610 g/mol. The first-order valence-electron chi connectivity index (χ1n) is 19.2. The molecule has 0 atom stereocenters. The third-order valence-electron chi connectivity index (χ3n) is 9.51. The maximum absolute atomic E-state index is 11.9. The molecule has 0 spiro atoms. The molecule has 7 nitrogen and oxygen atoms in total. The second-order valence-electron chi connectivity index (χ2n) is 13.2. The molecule has 0 aliphatic rings. The highest BCUT2D eigenvalue weighted by Crippen LogP contribution is 2.15. The summed E-state index contributed by atoms with van der Waals surface area (Å²) < 4.78 is 43.3. The van der Waals surface area contributed by atoms with Crippen LogP contribution in [0.2, 0.25) is 0 Å². The van der Waals surface area contributed by atoms with Crippen LogP contribution in [0.3, 0.4) is 0 Å². The van der Waals surface area contributed by atoms with Crippen molar-refractivity contribution in [2.24, 2.45) is 0 Å². The molecule has 8 heteroatoms. The van der Waals surface area contributed by atoms with E-state index in [0.29, 0.717) is 19.6 Å². The van der Waals surface area contributed by atoms with E-state index in [4.69, 9.17) is 9.47 Å². The predicted molar refractivity (Wildman–Crippen MR) is 196 cm³/mol. The Balaban J connectivity index is 0.00000160. The zero-order chi connectivity index (χ0) is 35.1. The van der Waals surface area contributed by atoms with Crippen molar-refractivity contribution in [3.05, 3.63) is 29.8 Å². The maximum atomic E-state index is 11.9. The number of carbonyl (C=O) groups is 1. The van der Waals surface area contributed by atoms with Gasteiger partial charge in [-0.15, -0.1) is 0 Å². The molecule has 0 bridgehead atoms. The van der Waals surface area contributed by atoms with Gasteiger partial charge in [-0.05, 0) is 46.2 Å². The van der Waals surface area contributed by atoms with E-state index in [0.717, 1.165) is 55.7 Å². The molecule has 1 aromatic carbocycles. The van der Waals surface area contributed by atoms with Gasteiger partial charge < -0.3 is 18.5 Å². The fourth-order valence-corrected chi connectivity index (χ4v) is 6.31. The van der Waals surface area contributed by atoms with Crippen LogP contribution in [-0.4, -0.2) is 69.4 Å². The molecule has 0 amide bonds. The first-order chi connectivity index (χ1) is 22.6. The number of nitrogens with zero attached hydrogens (tertiary/aromatic N) is 1. The highest BCUT2D eigenvalue weighted by molar-refractivity contribution is 7.85. The van der Waals surface area contributed by atoms with Gasteiger partial charge in [0.05, 0.1) is 37.7 Å². The summed E-state index contributed by atoms with van der Waals surface area (Å²) >= 11 is 0. The number of hydrogen-bond donors (Lipinski definition) is 0. The molecule has 0 aliphatic heterocycles. The van der Waals surface area contributed by atoms with Crippen LogP contribution < -0.4 is 0 Å². The molecule has 0 saturated carbocycles. The van der Waals surface area contributed by atoms with E-state index in [2.05, 4.69) is 27.7 Å². The van der Waals surface area contributed by atoms with E-state index in [9.17, 15) is 17.8 Å². The summed E-state index contributed by atoms with van der Waals surface area (Å²) in [5.41, 5.74) is 0.928. The summed E-state index contributed by atoms with van der Waals surface area (Å²) in [7, 11) is -4.27. The van der Waals surface area contributed by atoms with E-state index in [1.165, 1.54) is 121 Å². The van der Waals surface area contributed by atoms with Crippen molar-refractivity contribution in [1.29, 1.82) is 0 Å². The Hall–Kier alpha value is -1.48. The number of hydrogen-bond acceptors (Lipinski definition) is 6. The minimum atomic E-state index is -4.27. The summed E-state index contributed by atoms with van der Waals surface area (Å²) in [4.78, 5) is 11.7. The fourth-order valence-electron chi connectivity index (χ4n) is 5.84. The molecule has 0 aliphatic carbocycles. The quantitative estimate of drug-likeness (QED) is 0.0347.